The first kappa shape index (κ1) is 19.5. The number of anilines is 2. The topological polar surface area (TPSA) is 126 Å². The monoisotopic (exact) mass is 402 g/mol. The van der Waals surface area contributed by atoms with Crippen molar-refractivity contribution in [2.24, 2.45) is 0 Å². The van der Waals surface area contributed by atoms with Gasteiger partial charge in [-0.3, -0.25) is 14.4 Å². The van der Waals surface area contributed by atoms with E-state index in [0.29, 0.717) is 11.3 Å². The highest BCUT2D eigenvalue weighted by molar-refractivity contribution is 7.14. The minimum atomic E-state index is -0.836. The van der Waals surface area contributed by atoms with Crippen molar-refractivity contribution in [2.45, 2.75) is 25.8 Å². The van der Waals surface area contributed by atoms with Crippen LogP contribution in [-0.2, 0) is 14.3 Å². The second kappa shape index (κ2) is 8.61. The fourth-order valence-corrected chi connectivity index (χ4v) is 3.30. The summed E-state index contributed by atoms with van der Waals surface area (Å²) in [4.78, 5) is 52.3. The molecule has 28 heavy (non-hydrogen) atoms. The molecule has 0 fully saturated rings. The molecule has 0 saturated carbocycles. The summed E-state index contributed by atoms with van der Waals surface area (Å²) < 4.78 is 4.84. The van der Waals surface area contributed by atoms with E-state index in [1.807, 2.05) is 0 Å². The Labute approximate surface area is 164 Å². The first-order chi connectivity index (χ1) is 13.5. The first-order valence-electron chi connectivity index (χ1n) is 8.61. The van der Waals surface area contributed by atoms with E-state index in [1.165, 1.54) is 5.38 Å². The lowest BCUT2D eigenvalue weighted by Crippen LogP contribution is -2.41. The highest BCUT2D eigenvalue weighted by Gasteiger charge is 2.28. The summed E-state index contributed by atoms with van der Waals surface area (Å²) >= 11 is 1.10. The van der Waals surface area contributed by atoms with Gasteiger partial charge >= 0.3 is 5.97 Å². The minimum Gasteiger partial charge on any atom is -0.461 e. The Hall–Kier alpha value is -3.27. The van der Waals surface area contributed by atoms with E-state index >= 15 is 0 Å². The average Bonchev–Trinajstić information content (AvgIpc) is 3.09. The van der Waals surface area contributed by atoms with Crippen LogP contribution in [0.1, 0.15) is 40.6 Å². The Morgan fingerprint density at radius 2 is 2.07 bits per heavy atom. The van der Waals surface area contributed by atoms with Crippen LogP contribution in [0.15, 0.2) is 29.6 Å². The lowest BCUT2D eigenvalue weighted by atomic mass is 10.1. The van der Waals surface area contributed by atoms with Crippen LogP contribution in [0.3, 0.4) is 0 Å². The van der Waals surface area contributed by atoms with Crippen molar-refractivity contribution in [2.75, 3.05) is 17.2 Å². The van der Waals surface area contributed by atoms with Gasteiger partial charge in [0.25, 0.3) is 5.91 Å². The minimum absolute atomic E-state index is 0.0109. The fraction of sp³-hybridized carbons (Fsp3) is 0.278. The van der Waals surface area contributed by atoms with Crippen LogP contribution < -0.4 is 16.0 Å². The number of carbonyl (C=O) groups is 4. The zero-order valence-corrected chi connectivity index (χ0v) is 15.8. The number of carbonyl (C=O) groups excluding carboxylic acids is 4. The Morgan fingerprint density at radius 1 is 1.29 bits per heavy atom. The normalized spacial score (nSPS) is 15.7. The van der Waals surface area contributed by atoms with Crippen molar-refractivity contribution in [3.05, 3.63) is 40.9 Å². The largest absolute Gasteiger partial charge is 0.461 e. The summed E-state index contributed by atoms with van der Waals surface area (Å²) in [5.74, 6) is -1.70. The number of thiazole rings is 1. The molecule has 1 aromatic carbocycles. The molecule has 3 N–H and O–H groups in total. The van der Waals surface area contributed by atoms with Crippen LogP contribution in [0.4, 0.5) is 10.8 Å². The molecule has 10 heteroatoms. The Balaban J connectivity index is 1.55. The second-order valence-electron chi connectivity index (χ2n) is 5.91. The van der Waals surface area contributed by atoms with Crippen molar-refractivity contribution in [3.8, 4) is 0 Å². The molecule has 146 valence electrons. The summed E-state index contributed by atoms with van der Waals surface area (Å²) in [6.07, 6.45) is 0.108. The van der Waals surface area contributed by atoms with Gasteiger partial charge in [-0.05, 0) is 25.5 Å². The molecule has 0 radical (unpaired) electrons. The van der Waals surface area contributed by atoms with Crippen molar-refractivity contribution in [1.82, 2.24) is 10.3 Å². The van der Waals surface area contributed by atoms with E-state index in [-0.39, 0.29) is 48.0 Å². The summed E-state index contributed by atoms with van der Waals surface area (Å²) in [6, 6.07) is 5.85. The quantitative estimate of drug-likeness (QED) is 0.633. The van der Waals surface area contributed by atoms with Gasteiger partial charge in [0, 0.05) is 11.8 Å². The predicted molar refractivity (Wildman–Crippen MR) is 102 cm³/mol. The summed E-state index contributed by atoms with van der Waals surface area (Å²) in [5, 5.41) is 9.64. The van der Waals surface area contributed by atoms with E-state index in [4.69, 9.17) is 4.74 Å². The van der Waals surface area contributed by atoms with Crippen LogP contribution in [0, 0.1) is 0 Å². The molecule has 0 bridgehead atoms. The molecule has 1 aromatic heterocycles. The molecule has 9 nitrogen and oxygen atoms in total. The van der Waals surface area contributed by atoms with Crippen molar-refractivity contribution in [1.29, 1.82) is 0 Å². The molecule has 1 atom stereocenters. The molecule has 0 spiro atoms. The average molecular weight is 402 g/mol. The van der Waals surface area contributed by atoms with Crippen LogP contribution in [0.25, 0.3) is 0 Å². The third kappa shape index (κ3) is 4.52. The highest BCUT2D eigenvalue weighted by atomic mass is 32.1. The number of hydrogen-bond donors (Lipinski definition) is 3. The third-order valence-corrected chi connectivity index (χ3v) is 4.70. The third-order valence-electron chi connectivity index (χ3n) is 3.95. The van der Waals surface area contributed by atoms with Gasteiger partial charge in [0.05, 0.1) is 17.9 Å². The number of rotatable bonds is 6. The maximum atomic E-state index is 12.3. The number of fused-ring (bicyclic) bond motifs is 1. The van der Waals surface area contributed by atoms with Gasteiger partial charge in [-0.1, -0.05) is 12.1 Å². The molecule has 3 rings (SSSR count). The van der Waals surface area contributed by atoms with Gasteiger partial charge in [0.15, 0.2) is 10.8 Å². The van der Waals surface area contributed by atoms with Crippen LogP contribution in [0.5, 0.6) is 0 Å². The van der Waals surface area contributed by atoms with Gasteiger partial charge in [-0.2, -0.15) is 0 Å². The van der Waals surface area contributed by atoms with Gasteiger partial charge in [-0.25, -0.2) is 9.78 Å². The Bertz CT molecular complexity index is 926. The number of hydrogen-bond acceptors (Lipinski definition) is 7. The number of esters is 1. The highest BCUT2D eigenvalue weighted by Crippen LogP contribution is 2.20. The van der Waals surface area contributed by atoms with Crippen LogP contribution >= 0.6 is 11.3 Å². The number of nitrogens with zero attached hydrogens (tertiary/aromatic N) is 1. The molecule has 2 heterocycles. The first-order valence-corrected chi connectivity index (χ1v) is 9.49. The van der Waals surface area contributed by atoms with Crippen molar-refractivity contribution in [3.63, 3.8) is 0 Å². The van der Waals surface area contributed by atoms with Crippen molar-refractivity contribution < 1.29 is 23.9 Å². The number of amides is 3. The lowest BCUT2D eigenvalue weighted by Gasteiger charge is -2.13. The van der Waals surface area contributed by atoms with E-state index in [9.17, 15) is 19.2 Å². The van der Waals surface area contributed by atoms with Gasteiger partial charge in [0.2, 0.25) is 11.8 Å². The number of nitrogens with one attached hydrogen (secondary N) is 3. The van der Waals surface area contributed by atoms with Gasteiger partial charge < -0.3 is 20.7 Å². The maximum Gasteiger partial charge on any atom is 0.357 e. The molecule has 3 amide bonds. The van der Waals surface area contributed by atoms with E-state index in [1.54, 1.807) is 31.2 Å². The second-order valence-corrected chi connectivity index (χ2v) is 6.76. The molecule has 2 aromatic rings. The molecular formula is C18H18N4O5S. The smallest absolute Gasteiger partial charge is 0.357 e. The molecule has 0 aliphatic carbocycles. The Morgan fingerprint density at radius 3 is 2.86 bits per heavy atom. The fourth-order valence-electron chi connectivity index (χ4n) is 2.60. The summed E-state index contributed by atoms with van der Waals surface area (Å²) in [6.45, 7) is 1.92. The number of benzene rings is 1. The van der Waals surface area contributed by atoms with E-state index in [2.05, 4.69) is 20.9 Å². The zero-order chi connectivity index (χ0) is 20.1. The van der Waals surface area contributed by atoms with Gasteiger partial charge in [0.1, 0.15) is 6.04 Å². The van der Waals surface area contributed by atoms with E-state index in [0.717, 1.165) is 11.3 Å². The molecule has 1 aliphatic rings. The summed E-state index contributed by atoms with van der Waals surface area (Å²) in [7, 11) is 0. The van der Waals surface area contributed by atoms with E-state index < -0.39 is 12.0 Å². The van der Waals surface area contributed by atoms with Crippen LogP contribution in [0.2, 0.25) is 0 Å². The van der Waals surface area contributed by atoms with Gasteiger partial charge in [-0.15, -0.1) is 11.3 Å². The summed E-state index contributed by atoms with van der Waals surface area (Å²) in [5.41, 5.74) is 0.929. The number of ether oxygens (including phenoxy) is 1. The Kier molecular flexibility index (Phi) is 5.99. The molecule has 0 saturated heterocycles. The molecule has 1 aliphatic heterocycles. The zero-order valence-electron chi connectivity index (χ0n) is 15.0. The predicted octanol–water partition coefficient (Wildman–Crippen LogP) is 1.79. The van der Waals surface area contributed by atoms with Crippen molar-refractivity contribution >= 4 is 45.8 Å². The number of para-hydroxylation sites is 1. The molecular weight excluding hydrogens is 384 g/mol. The maximum absolute atomic E-state index is 12.3. The molecule has 1 unspecified atom stereocenters. The number of aromatic nitrogens is 1. The lowest BCUT2D eigenvalue weighted by molar-refractivity contribution is -0.118. The SMILES string of the molecule is CCOC(=O)c1csc(NC(=O)CCC2NC(=O)c3ccccc3NC2=O)n1. The standard InChI is InChI=1S/C18H18N4O5S/c1-2-27-17(26)13-9-28-18(21-13)22-14(23)8-7-12-16(25)19-11-6-4-3-5-10(11)15(24)20-12/h3-6,9,12H,2,7-8H2,1H3,(H,19,25)(H,20,24)(H,21,22,23). The van der Waals surface area contributed by atoms with Crippen LogP contribution in [-0.4, -0.2) is 41.3 Å².